The third-order valence-corrected chi connectivity index (χ3v) is 7.08. The van der Waals surface area contributed by atoms with E-state index in [1.54, 1.807) is 42.5 Å². The Morgan fingerprint density at radius 3 is 2.71 bits per heavy atom. The van der Waals surface area contributed by atoms with Crippen LogP contribution in [0.4, 0.5) is 9.52 Å². The van der Waals surface area contributed by atoms with Crippen LogP contribution in [-0.4, -0.2) is 28.4 Å². The second-order valence-electron chi connectivity index (χ2n) is 7.79. The van der Waals surface area contributed by atoms with E-state index in [1.165, 1.54) is 23.1 Å². The number of aromatic nitrogens is 1. The van der Waals surface area contributed by atoms with E-state index in [-0.39, 0.29) is 16.5 Å². The van der Waals surface area contributed by atoms with E-state index in [0.717, 1.165) is 15.8 Å². The first-order valence-electron chi connectivity index (χ1n) is 10.7. The number of ether oxygens (including phenoxy) is 1. The van der Waals surface area contributed by atoms with Crippen molar-refractivity contribution in [2.24, 2.45) is 0 Å². The van der Waals surface area contributed by atoms with E-state index in [0.29, 0.717) is 33.7 Å². The van der Waals surface area contributed by atoms with Crippen molar-refractivity contribution >= 4 is 60.1 Å². The van der Waals surface area contributed by atoms with Gasteiger partial charge in [0.15, 0.2) is 5.13 Å². The van der Waals surface area contributed by atoms with Crippen LogP contribution in [0.15, 0.2) is 76.8 Å². The van der Waals surface area contributed by atoms with Gasteiger partial charge in [0.25, 0.3) is 5.78 Å². The van der Waals surface area contributed by atoms with Gasteiger partial charge in [-0.15, -0.1) is 0 Å². The molecule has 1 atom stereocenters. The number of thiazole rings is 1. The van der Waals surface area contributed by atoms with E-state index < -0.39 is 23.5 Å². The molecule has 0 radical (unpaired) electrons. The maximum Gasteiger partial charge on any atom is 0.301 e. The fraction of sp³-hybridized carbons (Fsp3) is 0.115. The highest BCUT2D eigenvalue weighted by atomic mass is 79.9. The van der Waals surface area contributed by atoms with Gasteiger partial charge < -0.3 is 9.84 Å². The van der Waals surface area contributed by atoms with Crippen molar-refractivity contribution in [3.63, 3.8) is 0 Å². The largest absolute Gasteiger partial charge is 0.507 e. The highest BCUT2D eigenvalue weighted by Gasteiger charge is 2.48. The molecule has 1 aliphatic heterocycles. The van der Waals surface area contributed by atoms with Gasteiger partial charge in [0.05, 0.1) is 28.4 Å². The first-order chi connectivity index (χ1) is 16.9. The second-order valence-corrected chi connectivity index (χ2v) is 9.72. The van der Waals surface area contributed by atoms with E-state index in [4.69, 9.17) is 4.74 Å². The summed E-state index contributed by atoms with van der Waals surface area (Å²) in [5, 5.41) is 11.5. The summed E-state index contributed by atoms with van der Waals surface area (Å²) in [6.45, 7) is 2.28. The second kappa shape index (κ2) is 9.24. The molecule has 0 spiro atoms. The number of hydrogen-bond acceptors (Lipinski definition) is 6. The van der Waals surface area contributed by atoms with E-state index >= 15 is 0 Å². The number of nitrogens with zero attached hydrogens (tertiary/aromatic N) is 2. The molecule has 1 unspecified atom stereocenters. The van der Waals surface area contributed by atoms with Crippen molar-refractivity contribution in [2.45, 2.75) is 13.0 Å². The quantitative estimate of drug-likeness (QED) is 0.180. The molecule has 1 aliphatic rings. The van der Waals surface area contributed by atoms with E-state index in [1.807, 2.05) is 13.0 Å². The van der Waals surface area contributed by atoms with Crippen molar-refractivity contribution in [1.29, 1.82) is 0 Å². The van der Waals surface area contributed by atoms with Crippen molar-refractivity contribution in [1.82, 2.24) is 4.98 Å². The van der Waals surface area contributed by atoms with E-state index in [2.05, 4.69) is 20.9 Å². The Morgan fingerprint density at radius 1 is 1.14 bits per heavy atom. The number of aliphatic hydroxyl groups is 1. The third kappa shape index (κ3) is 4.21. The minimum atomic E-state index is -0.936. The summed E-state index contributed by atoms with van der Waals surface area (Å²) in [4.78, 5) is 32.4. The maximum absolute atomic E-state index is 13.8. The number of benzene rings is 3. The molecule has 0 saturated carbocycles. The number of fused-ring (bicyclic) bond motifs is 1. The monoisotopic (exact) mass is 552 g/mol. The number of hydrogen-bond donors (Lipinski definition) is 1. The number of carbonyl (C=O) groups is 2. The molecule has 0 aliphatic carbocycles. The molecule has 1 aromatic heterocycles. The predicted octanol–water partition coefficient (Wildman–Crippen LogP) is 6.22. The molecule has 0 bridgehead atoms. The van der Waals surface area contributed by atoms with Gasteiger partial charge in [0.1, 0.15) is 17.3 Å². The third-order valence-electron chi connectivity index (χ3n) is 5.57. The summed E-state index contributed by atoms with van der Waals surface area (Å²) < 4.78 is 20.6. The van der Waals surface area contributed by atoms with Crippen LogP contribution in [-0.2, 0) is 9.59 Å². The van der Waals surface area contributed by atoms with Gasteiger partial charge in [-0.25, -0.2) is 9.37 Å². The molecule has 176 valence electrons. The Kier molecular flexibility index (Phi) is 6.12. The highest BCUT2D eigenvalue weighted by molar-refractivity contribution is 9.10. The number of amides is 1. The number of ketones is 1. The van der Waals surface area contributed by atoms with Gasteiger partial charge in [-0.3, -0.25) is 14.5 Å². The lowest BCUT2D eigenvalue weighted by molar-refractivity contribution is -0.132. The Hall–Kier alpha value is -3.56. The molecule has 3 aromatic carbocycles. The van der Waals surface area contributed by atoms with Gasteiger partial charge in [-0.05, 0) is 55.0 Å². The molecule has 1 amide bonds. The fourth-order valence-corrected chi connectivity index (χ4v) is 5.50. The smallest absolute Gasteiger partial charge is 0.301 e. The number of rotatable bonds is 5. The van der Waals surface area contributed by atoms with Crippen molar-refractivity contribution < 1.29 is 23.8 Å². The normalized spacial score (nSPS) is 17.3. The zero-order chi connectivity index (χ0) is 24.7. The van der Waals surface area contributed by atoms with Crippen LogP contribution in [0.3, 0.4) is 0 Å². The molecule has 1 fully saturated rings. The van der Waals surface area contributed by atoms with Crippen LogP contribution in [0.2, 0.25) is 0 Å². The zero-order valence-electron chi connectivity index (χ0n) is 18.4. The van der Waals surface area contributed by atoms with Gasteiger partial charge >= 0.3 is 5.91 Å². The lowest BCUT2D eigenvalue weighted by Crippen LogP contribution is -2.29. The first-order valence-corrected chi connectivity index (χ1v) is 12.3. The number of anilines is 1. The first kappa shape index (κ1) is 23.2. The lowest BCUT2D eigenvalue weighted by Gasteiger charge is -2.23. The molecule has 6 nitrogen and oxygen atoms in total. The SMILES string of the molecule is CCOc1cccc(/C(O)=C2\C(=O)C(=O)N(c3nc4ccc(F)cc4s3)C2c2cccc(Br)c2)c1. The average Bonchev–Trinajstić information content (AvgIpc) is 3.37. The molecular weight excluding hydrogens is 535 g/mol. The standard InChI is InChI=1S/C26H18BrFN2O4S/c1-2-34-18-8-4-6-15(12-18)23(31)21-22(14-5-3-7-16(27)11-14)30(25(33)24(21)32)26-29-19-10-9-17(28)13-20(19)35-26/h3-13,22,31H,2H2,1H3/b23-21+. The van der Waals surface area contributed by atoms with Gasteiger partial charge in [0.2, 0.25) is 0 Å². The number of aliphatic hydroxyl groups excluding tert-OH is 1. The van der Waals surface area contributed by atoms with Crippen LogP contribution < -0.4 is 9.64 Å². The fourth-order valence-electron chi connectivity index (χ4n) is 4.07. The summed E-state index contributed by atoms with van der Waals surface area (Å²) in [6, 6.07) is 17.1. The van der Waals surface area contributed by atoms with Crippen LogP contribution >= 0.6 is 27.3 Å². The van der Waals surface area contributed by atoms with Gasteiger partial charge in [-0.2, -0.15) is 0 Å². The van der Waals surface area contributed by atoms with Crippen LogP contribution in [0, 0.1) is 5.82 Å². The molecule has 1 saturated heterocycles. The Balaban J connectivity index is 1.72. The minimum absolute atomic E-state index is 0.0628. The lowest BCUT2D eigenvalue weighted by atomic mass is 9.95. The van der Waals surface area contributed by atoms with E-state index in [9.17, 15) is 19.1 Å². The minimum Gasteiger partial charge on any atom is -0.507 e. The number of carbonyl (C=O) groups excluding carboxylic acids is 2. The van der Waals surface area contributed by atoms with Crippen LogP contribution in [0.1, 0.15) is 24.1 Å². The van der Waals surface area contributed by atoms with Crippen LogP contribution in [0.5, 0.6) is 5.75 Å². The summed E-state index contributed by atoms with van der Waals surface area (Å²) >= 11 is 4.54. The average molecular weight is 553 g/mol. The summed E-state index contributed by atoms with van der Waals surface area (Å²) in [7, 11) is 0. The molecule has 35 heavy (non-hydrogen) atoms. The molecule has 1 N–H and O–H groups in total. The zero-order valence-corrected chi connectivity index (χ0v) is 20.8. The molecule has 4 aromatic rings. The van der Waals surface area contributed by atoms with Gasteiger partial charge in [0, 0.05) is 10.0 Å². The molecule has 2 heterocycles. The predicted molar refractivity (Wildman–Crippen MR) is 136 cm³/mol. The Labute approximate surface area is 212 Å². The van der Waals surface area contributed by atoms with Gasteiger partial charge in [-0.1, -0.05) is 51.5 Å². The van der Waals surface area contributed by atoms with Crippen molar-refractivity contribution in [3.8, 4) is 5.75 Å². The summed E-state index contributed by atoms with van der Waals surface area (Å²) in [5.74, 6) is -1.87. The number of halogens is 2. The van der Waals surface area contributed by atoms with Crippen molar-refractivity contribution in [2.75, 3.05) is 11.5 Å². The maximum atomic E-state index is 13.8. The molecular formula is C26H18BrFN2O4S. The van der Waals surface area contributed by atoms with Crippen molar-refractivity contribution in [3.05, 3.63) is 93.7 Å². The topological polar surface area (TPSA) is 79.7 Å². The molecule has 5 rings (SSSR count). The number of Topliss-reactive ketones (excluding diaryl/α,β-unsaturated/α-hetero) is 1. The van der Waals surface area contributed by atoms with Crippen LogP contribution in [0.25, 0.3) is 16.0 Å². The molecule has 9 heteroatoms. The Morgan fingerprint density at radius 2 is 1.94 bits per heavy atom. The Bertz CT molecular complexity index is 1520. The highest BCUT2D eigenvalue weighted by Crippen LogP contribution is 2.44. The summed E-state index contributed by atoms with van der Waals surface area (Å²) in [6.07, 6.45) is 0. The summed E-state index contributed by atoms with van der Waals surface area (Å²) in [5.41, 5.74) is 1.39.